The molecule has 3 rings (SSSR count). The molecule has 0 aliphatic carbocycles. The van der Waals surface area contributed by atoms with Crippen molar-refractivity contribution in [1.29, 1.82) is 0 Å². The summed E-state index contributed by atoms with van der Waals surface area (Å²) in [6.45, 7) is 2.90. The number of halogens is 1. The molecule has 0 spiro atoms. The summed E-state index contributed by atoms with van der Waals surface area (Å²) in [4.78, 5) is 13.1. The van der Waals surface area contributed by atoms with Crippen molar-refractivity contribution in [2.75, 3.05) is 44.5 Å². The summed E-state index contributed by atoms with van der Waals surface area (Å²) in [6.07, 6.45) is 3.94. The molecular weight excluding hydrogens is 350 g/mol. The van der Waals surface area contributed by atoms with Gasteiger partial charge in [-0.25, -0.2) is 4.98 Å². The van der Waals surface area contributed by atoms with E-state index in [1.165, 1.54) is 0 Å². The molecule has 0 amide bonds. The van der Waals surface area contributed by atoms with Crippen LogP contribution in [0.25, 0.3) is 0 Å². The van der Waals surface area contributed by atoms with Crippen LogP contribution in [0.15, 0.2) is 30.5 Å². The van der Waals surface area contributed by atoms with Gasteiger partial charge in [0.1, 0.15) is 11.6 Å². The Morgan fingerprint density at radius 1 is 1.27 bits per heavy atom. The molecular formula is C19H26ClN5O. The fraction of sp³-hybridized carbons (Fsp3) is 0.474. The fourth-order valence-electron chi connectivity index (χ4n) is 3.17. The normalized spacial score (nSPS) is 15.7. The Bertz CT molecular complexity index is 732. The van der Waals surface area contributed by atoms with E-state index in [4.69, 9.17) is 16.3 Å². The van der Waals surface area contributed by atoms with Gasteiger partial charge in [-0.05, 0) is 30.5 Å². The molecule has 1 saturated heterocycles. The fourth-order valence-corrected chi connectivity index (χ4v) is 3.43. The van der Waals surface area contributed by atoms with Crippen LogP contribution in [0.5, 0.6) is 5.75 Å². The third kappa shape index (κ3) is 4.56. The zero-order chi connectivity index (χ0) is 18.5. The van der Waals surface area contributed by atoms with Crippen molar-refractivity contribution in [1.82, 2.24) is 14.9 Å². The molecule has 2 aromatic rings. The van der Waals surface area contributed by atoms with Gasteiger partial charge in [-0.2, -0.15) is 4.98 Å². The minimum absolute atomic E-state index is 0.428. The summed E-state index contributed by atoms with van der Waals surface area (Å²) >= 11 is 6.42. The largest absolute Gasteiger partial charge is 0.495 e. The number of piperidine rings is 1. The topological polar surface area (TPSA) is 53.5 Å². The predicted molar refractivity (Wildman–Crippen MR) is 106 cm³/mol. The Morgan fingerprint density at radius 2 is 2.04 bits per heavy atom. The van der Waals surface area contributed by atoms with Gasteiger partial charge in [-0.3, -0.25) is 4.90 Å². The first-order valence-corrected chi connectivity index (χ1v) is 9.25. The molecule has 7 heteroatoms. The minimum atomic E-state index is 0.428. The Kier molecular flexibility index (Phi) is 6.16. The predicted octanol–water partition coefficient (Wildman–Crippen LogP) is 3.28. The van der Waals surface area contributed by atoms with Crippen LogP contribution in [-0.4, -0.2) is 55.2 Å². The Morgan fingerprint density at radius 3 is 2.73 bits per heavy atom. The standard InChI is InChI=1S/C19H26ClN5O/c1-24(2)19-21-10-7-17(23-19)22-15-8-11-25(12-9-15)13-14-5-4-6-16(26-3)18(14)20/h4-7,10,15H,8-9,11-13H2,1-3H3,(H,21,22,23). The molecule has 140 valence electrons. The number of aromatic nitrogens is 2. The van der Waals surface area contributed by atoms with E-state index in [1.54, 1.807) is 13.3 Å². The average molecular weight is 376 g/mol. The van der Waals surface area contributed by atoms with E-state index in [9.17, 15) is 0 Å². The Balaban J connectivity index is 1.54. The first-order chi connectivity index (χ1) is 12.6. The second-order valence-electron chi connectivity index (χ2n) is 6.76. The molecule has 1 fully saturated rings. The molecule has 0 atom stereocenters. The quantitative estimate of drug-likeness (QED) is 0.836. The van der Waals surface area contributed by atoms with Crippen molar-refractivity contribution in [3.05, 3.63) is 41.0 Å². The lowest BCUT2D eigenvalue weighted by atomic mass is 10.0. The lowest BCUT2D eigenvalue weighted by Crippen LogP contribution is -2.38. The second kappa shape index (κ2) is 8.56. The maximum Gasteiger partial charge on any atom is 0.226 e. The number of benzene rings is 1. The SMILES string of the molecule is COc1cccc(CN2CCC(Nc3ccnc(N(C)C)n3)CC2)c1Cl. The molecule has 1 aliphatic heterocycles. The third-order valence-corrected chi connectivity index (χ3v) is 5.07. The zero-order valence-electron chi connectivity index (χ0n) is 15.6. The van der Waals surface area contributed by atoms with E-state index in [0.717, 1.165) is 55.6 Å². The van der Waals surface area contributed by atoms with E-state index >= 15 is 0 Å². The van der Waals surface area contributed by atoms with Crippen molar-refractivity contribution < 1.29 is 4.74 Å². The van der Waals surface area contributed by atoms with Crippen LogP contribution in [-0.2, 0) is 6.54 Å². The van der Waals surface area contributed by atoms with E-state index in [1.807, 2.05) is 37.2 Å². The minimum Gasteiger partial charge on any atom is -0.495 e. The van der Waals surface area contributed by atoms with Gasteiger partial charge in [0, 0.05) is 46.0 Å². The molecule has 1 aliphatic rings. The molecule has 0 radical (unpaired) electrons. The van der Waals surface area contributed by atoms with E-state index in [0.29, 0.717) is 11.1 Å². The van der Waals surface area contributed by atoms with E-state index < -0.39 is 0 Å². The van der Waals surface area contributed by atoms with Crippen LogP contribution in [0, 0.1) is 0 Å². The van der Waals surface area contributed by atoms with Crippen molar-refractivity contribution in [2.24, 2.45) is 0 Å². The maximum absolute atomic E-state index is 6.42. The van der Waals surface area contributed by atoms with Gasteiger partial charge < -0.3 is 15.0 Å². The summed E-state index contributed by atoms with van der Waals surface area (Å²) in [5.74, 6) is 2.35. The molecule has 2 heterocycles. The van der Waals surface area contributed by atoms with Crippen LogP contribution in [0.1, 0.15) is 18.4 Å². The van der Waals surface area contributed by atoms with Crippen LogP contribution in [0.3, 0.4) is 0 Å². The third-order valence-electron chi connectivity index (χ3n) is 4.64. The monoisotopic (exact) mass is 375 g/mol. The molecule has 1 aromatic heterocycles. The summed E-state index contributed by atoms with van der Waals surface area (Å²) in [5, 5.41) is 4.25. The number of methoxy groups -OCH3 is 1. The number of anilines is 2. The van der Waals surface area contributed by atoms with Crippen molar-refractivity contribution in [2.45, 2.75) is 25.4 Å². The molecule has 6 nitrogen and oxygen atoms in total. The Hall–Kier alpha value is -2.05. The summed E-state index contributed by atoms with van der Waals surface area (Å²) in [5.41, 5.74) is 1.11. The van der Waals surface area contributed by atoms with Crippen molar-refractivity contribution in [3.63, 3.8) is 0 Å². The molecule has 1 N–H and O–H groups in total. The smallest absolute Gasteiger partial charge is 0.226 e. The van der Waals surface area contributed by atoms with Crippen LogP contribution in [0.4, 0.5) is 11.8 Å². The van der Waals surface area contributed by atoms with Gasteiger partial charge in [0.05, 0.1) is 12.1 Å². The number of ether oxygens (including phenoxy) is 1. The molecule has 0 bridgehead atoms. The lowest BCUT2D eigenvalue weighted by molar-refractivity contribution is 0.211. The number of nitrogens with zero attached hydrogens (tertiary/aromatic N) is 4. The van der Waals surface area contributed by atoms with Gasteiger partial charge in [-0.15, -0.1) is 0 Å². The first kappa shape index (κ1) is 18.7. The number of rotatable bonds is 6. The number of hydrogen-bond donors (Lipinski definition) is 1. The van der Waals surface area contributed by atoms with Gasteiger partial charge in [0.15, 0.2) is 0 Å². The highest BCUT2D eigenvalue weighted by Crippen LogP contribution is 2.29. The number of likely N-dealkylation sites (tertiary alicyclic amines) is 1. The Labute approximate surface area is 160 Å². The van der Waals surface area contributed by atoms with Crippen LogP contribution < -0.4 is 15.0 Å². The van der Waals surface area contributed by atoms with Crippen LogP contribution in [0.2, 0.25) is 5.02 Å². The summed E-state index contributed by atoms with van der Waals surface area (Å²) < 4.78 is 5.31. The van der Waals surface area contributed by atoms with Crippen molar-refractivity contribution in [3.8, 4) is 5.75 Å². The van der Waals surface area contributed by atoms with Gasteiger partial charge in [0.2, 0.25) is 5.95 Å². The highest BCUT2D eigenvalue weighted by atomic mass is 35.5. The highest BCUT2D eigenvalue weighted by molar-refractivity contribution is 6.32. The number of nitrogens with one attached hydrogen (secondary N) is 1. The van der Waals surface area contributed by atoms with Gasteiger partial charge >= 0.3 is 0 Å². The maximum atomic E-state index is 6.42. The van der Waals surface area contributed by atoms with Gasteiger partial charge in [-0.1, -0.05) is 23.7 Å². The molecule has 0 saturated carbocycles. The molecule has 26 heavy (non-hydrogen) atoms. The van der Waals surface area contributed by atoms with Gasteiger partial charge in [0.25, 0.3) is 0 Å². The summed E-state index contributed by atoms with van der Waals surface area (Å²) in [7, 11) is 5.54. The summed E-state index contributed by atoms with van der Waals surface area (Å²) in [6, 6.07) is 8.31. The molecule has 1 aromatic carbocycles. The highest BCUT2D eigenvalue weighted by Gasteiger charge is 2.20. The molecule has 0 unspecified atom stereocenters. The van der Waals surface area contributed by atoms with E-state index in [2.05, 4.69) is 26.3 Å². The van der Waals surface area contributed by atoms with E-state index in [-0.39, 0.29) is 0 Å². The first-order valence-electron chi connectivity index (χ1n) is 8.87. The lowest BCUT2D eigenvalue weighted by Gasteiger charge is -2.33. The number of hydrogen-bond acceptors (Lipinski definition) is 6. The van der Waals surface area contributed by atoms with Crippen LogP contribution >= 0.6 is 11.6 Å². The van der Waals surface area contributed by atoms with Crippen molar-refractivity contribution >= 4 is 23.4 Å². The zero-order valence-corrected chi connectivity index (χ0v) is 16.3. The second-order valence-corrected chi connectivity index (χ2v) is 7.14. The average Bonchev–Trinajstić information content (AvgIpc) is 2.65.